The van der Waals surface area contributed by atoms with Crippen LogP contribution in [0.25, 0.3) is 0 Å². The molecule has 140 valence electrons. The zero-order valence-electron chi connectivity index (χ0n) is 14.9. The number of nitrogens with one attached hydrogen (secondary N) is 2. The number of aliphatic imine (C=N–C) groups is 1. The maximum atomic E-state index is 5.97. The van der Waals surface area contributed by atoms with Crippen LogP contribution in [0.1, 0.15) is 18.4 Å². The lowest BCUT2D eigenvalue weighted by atomic mass is 9.99. The number of ether oxygens (including phenoxy) is 2. The Kier molecular flexibility index (Phi) is 8.15. The molecule has 2 aliphatic rings. The van der Waals surface area contributed by atoms with Crippen LogP contribution in [0.15, 0.2) is 29.3 Å². The average Bonchev–Trinajstić information content (AvgIpc) is 3.05. The smallest absolute Gasteiger partial charge is 0.191 e. The fourth-order valence-electron chi connectivity index (χ4n) is 3.24. The van der Waals surface area contributed by atoms with Gasteiger partial charge in [0.2, 0.25) is 0 Å². The Labute approximate surface area is 171 Å². The predicted octanol–water partition coefficient (Wildman–Crippen LogP) is 2.69. The van der Waals surface area contributed by atoms with Crippen molar-refractivity contribution in [1.82, 2.24) is 10.6 Å². The first-order valence-electron chi connectivity index (χ1n) is 8.57. The molecule has 0 spiro atoms. The zero-order valence-corrected chi connectivity index (χ0v) is 18.1. The van der Waals surface area contributed by atoms with E-state index < -0.39 is 0 Å². The minimum atomic E-state index is 0. The lowest BCUT2D eigenvalue weighted by Crippen LogP contribution is -2.49. The minimum absolute atomic E-state index is 0. The second-order valence-electron chi connectivity index (χ2n) is 6.36. The molecule has 2 N–H and O–H groups in total. The van der Waals surface area contributed by atoms with Crippen molar-refractivity contribution in [3.63, 3.8) is 0 Å². The maximum absolute atomic E-state index is 5.97. The SMILES string of the molecule is CN=C(NCC1Cc2ccccc2O1)NCC1(SC)CCOCC1.I. The summed E-state index contributed by atoms with van der Waals surface area (Å²) in [5.74, 6) is 1.85. The summed E-state index contributed by atoms with van der Waals surface area (Å²) in [6.45, 7) is 3.36. The van der Waals surface area contributed by atoms with Crippen LogP contribution in [0.5, 0.6) is 5.75 Å². The number of fused-ring (bicyclic) bond motifs is 1. The van der Waals surface area contributed by atoms with Crippen molar-refractivity contribution in [2.24, 2.45) is 4.99 Å². The minimum Gasteiger partial charge on any atom is -0.488 e. The Hall–Kier alpha value is -0.670. The van der Waals surface area contributed by atoms with Gasteiger partial charge in [0.05, 0.1) is 6.54 Å². The lowest BCUT2D eigenvalue weighted by Gasteiger charge is -2.36. The van der Waals surface area contributed by atoms with Crippen LogP contribution < -0.4 is 15.4 Å². The summed E-state index contributed by atoms with van der Waals surface area (Å²) >= 11 is 1.93. The molecule has 1 unspecified atom stereocenters. The third kappa shape index (κ3) is 5.40. The molecule has 0 aliphatic carbocycles. The predicted molar refractivity (Wildman–Crippen MR) is 116 cm³/mol. The molecule has 0 aromatic heterocycles. The summed E-state index contributed by atoms with van der Waals surface area (Å²) < 4.78 is 11.7. The summed E-state index contributed by atoms with van der Waals surface area (Å²) in [5, 5.41) is 6.88. The average molecular weight is 477 g/mol. The summed E-state index contributed by atoms with van der Waals surface area (Å²) in [6.07, 6.45) is 5.47. The lowest BCUT2D eigenvalue weighted by molar-refractivity contribution is 0.0782. The first kappa shape index (κ1) is 20.6. The van der Waals surface area contributed by atoms with Crippen molar-refractivity contribution in [2.75, 3.05) is 39.6 Å². The molecule has 25 heavy (non-hydrogen) atoms. The van der Waals surface area contributed by atoms with Crippen LogP contribution in [0.3, 0.4) is 0 Å². The quantitative estimate of drug-likeness (QED) is 0.388. The first-order valence-corrected chi connectivity index (χ1v) is 9.79. The Morgan fingerprint density at radius 3 is 2.72 bits per heavy atom. The molecule has 0 amide bonds. The van der Waals surface area contributed by atoms with E-state index in [0.29, 0.717) is 0 Å². The van der Waals surface area contributed by atoms with Gasteiger partial charge in [-0.15, -0.1) is 24.0 Å². The number of nitrogens with zero attached hydrogens (tertiary/aromatic N) is 1. The summed E-state index contributed by atoms with van der Waals surface area (Å²) in [4.78, 5) is 4.35. The van der Waals surface area contributed by atoms with Gasteiger partial charge in [-0.25, -0.2) is 0 Å². The molecule has 0 bridgehead atoms. The molecule has 7 heteroatoms. The third-order valence-corrected chi connectivity index (χ3v) is 6.27. The monoisotopic (exact) mass is 477 g/mol. The van der Waals surface area contributed by atoms with E-state index >= 15 is 0 Å². The zero-order chi connectivity index (χ0) is 16.8. The highest BCUT2D eigenvalue weighted by atomic mass is 127. The van der Waals surface area contributed by atoms with E-state index in [1.807, 2.05) is 30.9 Å². The van der Waals surface area contributed by atoms with Crippen LogP contribution in [-0.4, -0.2) is 56.4 Å². The Morgan fingerprint density at radius 2 is 2.04 bits per heavy atom. The first-order chi connectivity index (χ1) is 11.7. The van der Waals surface area contributed by atoms with E-state index in [1.54, 1.807) is 0 Å². The normalized spacial score (nSPS) is 21.7. The molecule has 2 aliphatic heterocycles. The molecule has 0 radical (unpaired) electrons. The summed E-state index contributed by atoms with van der Waals surface area (Å²) in [5.41, 5.74) is 1.29. The Bertz CT molecular complexity index is 554. The van der Waals surface area contributed by atoms with Gasteiger partial charge in [0, 0.05) is 38.0 Å². The van der Waals surface area contributed by atoms with Gasteiger partial charge in [-0.3, -0.25) is 4.99 Å². The molecule has 1 fully saturated rings. The third-order valence-electron chi connectivity index (χ3n) is 4.85. The Morgan fingerprint density at radius 1 is 1.28 bits per heavy atom. The topological polar surface area (TPSA) is 54.9 Å². The highest BCUT2D eigenvalue weighted by molar-refractivity contribution is 14.0. The van der Waals surface area contributed by atoms with Crippen LogP contribution in [0.2, 0.25) is 0 Å². The molecule has 1 saturated heterocycles. The molecular weight excluding hydrogens is 449 g/mol. The van der Waals surface area contributed by atoms with E-state index in [2.05, 4.69) is 34.0 Å². The fourth-order valence-corrected chi connectivity index (χ4v) is 4.03. The number of hydrogen-bond acceptors (Lipinski definition) is 4. The van der Waals surface area contributed by atoms with Gasteiger partial charge in [0.25, 0.3) is 0 Å². The van der Waals surface area contributed by atoms with Crippen molar-refractivity contribution in [2.45, 2.75) is 30.1 Å². The van der Waals surface area contributed by atoms with Crippen molar-refractivity contribution in [3.8, 4) is 5.75 Å². The van der Waals surface area contributed by atoms with Crippen LogP contribution >= 0.6 is 35.7 Å². The van der Waals surface area contributed by atoms with Crippen molar-refractivity contribution in [3.05, 3.63) is 29.8 Å². The molecule has 1 aromatic carbocycles. The van der Waals surface area contributed by atoms with E-state index in [9.17, 15) is 0 Å². The number of guanidine groups is 1. The van der Waals surface area contributed by atoms with Crippen LogP contribution in [-0.2, 0) is 11.2 Å². The standard InChI is InChI=1S/C18H27N3O2S.HI/c1-19-17(21-13-18(24-2)7-9-22-10-8-18)20-12-15-11-14-5-3-4-6-16(14)23-15;/h3-6,15H,7-13H2,1-2H3,(H2,19,20,21);1H. The highest BCUT2D eigenvalue weighted by Crippen LogP contribution is 2.33. The number of hydrogen-bond donors (Lipinski definition) is 2. The number of para-hydroxylation sites is 1. The van der Waals surface area contributed by atoms with Gasteiger partial charge in [-0.2, -0.15) is 11.8 Å². The molecular formula is C18H28IN3O2S. The van der Waals surface area contributed by atoms with E-state index in [4.69, 9.17) is 9.47 Å². The molecule has 2 heterocycles. The molecule has 1 aromatic rings. The van der Waals surface area contributed by atoms with E-state index in [1.165, 1.54) is 5.56 Å². The number of rotatable bonds is 5. The summed E-state index contributed by atoms with van der Waals surface area (Å²) in [7, 11) is 1.81. The second kappa shape index (κ2) is 9.87. The largest absolute Gasteiger partial charge is 0.488 e. The second-order valence-corrected chi connectivity index (χ2v) is 7.63. The molecule has 3 rings (SSSR count). The molecule has 0 saturated carbocycles. The van der Waals surface area contributed by atoms with Gasteiger partial charge in [0.15, 0.2) is 5.96 Å². The van der Waals surface area contributed by atoms with Gasteiger partial charge >= 0.3 is 0 Å². The van der Waals surface area contributed by atoms with Crippen molar-refractivity contribution in [1.29, 1.82) is 0 Å². The van der Waals surface area contributed by atoms with Crippen LogP contribution in [0, 0.1) is 0 Å². The Balaban J connectivity index is 0.00000225. The van der Waals surface area contributed by atoms with Gasteiger partial charge in [0.1, 0.15) is 11.9 Å². The molecule has 5 nitrogen and oxygen atoms in total. The molecule has 1 atom stereocenters. The van der Waals surface area contributed by atoms with E-state index in [0.717, 1.165) is 57.3 Å². The summed E-state index contributed by atoms with van der Waals surface area (Å²) in [6, 6.07) is 8.25. The van der Waals surface area contributed by atoms with E-state index in [-0.39, 0.29) is 34.8 Å². The van der Waals surface area contributed by atoms with Crippen molar-refractivity contribution >= 4 is 41.7 Å². The maximum Gasteiger partial charge on any atom is 0.191 e. The van der Waals surface area contributed by atoms with Gasteiger partial charge in [-0.1, -0.05) is 18.2 Å². The highest BCUT2D eigenvalue weighted by Gasteiger charge is 2.32. The number of thioether (sulfide) groups is 1. The fraction of sp³-hybridized carbons (Fsp3) is 0.611. The van der Waals surface area contributed by atoms with Crippen LogP contribution in [0.4, 0.5) is 0 Å². The number of halogens is 1. The van der Waals surface area contributed by atoms with Gasteiger partial charge < -0.3 is 20.1 Å². The number of benzene rings is 1. The van der Waals surface area contributed by atoms with Gasteiger partial charge in [-0.05, 0) is 30.7 Å². The van der Waals surface area contributed by atoms with Crippen molar-refractivity contribution < 1.29 is 9.47 Å².